The highest BCUT2D eigenvalue weighted by atomic mass is 35.5. The maximum atomic E-state index is 6.00. The molecule has 90 valence electrons. The normalized spacial score (nSPS) is 10.5. The third kappa shape index (κ3) is 3.02. The van der Waals surface area contributed by atoms with Crippen LogP contribution in [0.2, 0.25) is 5.02 Å². The molecule has 4 heteroatoms. The van der Waals surface area contributed by atoms with Crippen molar-refractivity contribution >= 4 is 11.6 Å². The lowest BCUT2D eigenvalue weighted by molar-refractivity contribution is 0.268. The van der Waals surface area contributed by atoms with E-state index in [9.17, 15) is 0 Å². The summed E-state index contributed by atoms with van der Waals surface area (Å²) in [4.78, 5) is 0. The molecule has 0 aliphatic carbocycles. The molecule has 0 spiro atoms. The summed E-state index contributed by atoms with van der Waals surface area (Å²) in [7, 11) is 1.89. The Morgan fingerprint density at radius 3 is 2.88 bits per heavy atom. The molecule has 1 heterocycles. The number of rotatable bonds is 5. The largest absolute Gasteiger partial charge is 0.484 e. The van der Waals surface area contributed by atoms with Crippen LogP contribution in [0.3, 0.4) is 0 Å². The number of hydrogen-bond acceptors (Lipinski definition) is 3. The minimum atomic E-state index is 0.383. The smallest absolute Gasteiger partial charge is 0.146 e. The number of para-hydroxylation sites is 1. The van der Waals surface area contributed by atoms with Crippen molar-refractivity contribution in [2.24, 2.45) is 0 Å². The van der Waals surface area contributed by atoms with Crippen LogP contribution in [0.5, 0.6) is 5.75 Å². The van der Waals surface area contributed by atoms with E-state index in [0.717, 1.165) is 17.9 Å². The van der Waals surface area contributed by atoms with Crippen LogP contribution in [-0.4, -0.2) is 7.05 Å². The van der Waals surface area contributed by atoms with Crippen LogP contribution in [0.25, 0.3) is 0 Å². The monoisotopic (exact) mass is 251 g/mol. The van der Waals surface area contributed by atoms with E-state index in [0.29, 0.717) is 17.4 Å². The summed E-state index contributed by atoms with van der Waals surface area (Å²) < 4.78 is 11.0. The molecule has 0 unspecified atom stereocenters. The van der Waals surface area contributed by atoms with Gasteiger partial charge in [-0.2, -0.15) is 0 Å². The molecule has 0 fully saturated rings. The van der Waals surface area contributed by atoms with Gasteiger partial charge in [-0.3, -0.25) is 0 Å². The average Bonchev–Trinajstić information content (AvgIpc) is 2.76. The number of benzene rings is 1. The van der Waals surface area contributed by atoms with Crippen LogP contribution < -0.4 is 10.1 Å². The van der Waals surface area contributed by atoms with Gasteiger partial charge in [-0.05, 0) is 25.2 Å². The first kappa shape index (κ1) is 12.0. The molecular formula is C13H14ClNO2. The van der Waals surface area contributed by atoms with Gasteiger partial charge in [0.2, 0.25) is 0 Å². The zero-order valence-corrected chi connectivity index (χ0v) is 10.3. The third-order valence-corrected chi connectivity index (χ3v) is 2.71. The molecule has 17 heavy (non-hydrogen) atoms. The number of ether oxygens (including phenoxy) is 1. The van der Waals surface area contributed by atoms with E-state index in [2.05, 4.69) is 5.32 Å². The van der Waals surface area contributed by atoms with Gasteiger partial charge in [-0.15, -0.1) is 0 Å². The second kappa shape index (κ2) is 5.75. The minimum absolute atomic E-state index is 0.383. The molecule has 2 aromatic rings. The molecule has 0 bridgehead atoms. The van der Waals surface area contributed by atoms with Crippen LogP contribution in [0.1, 0.15) is 11.3 Å². The molecule has 0 amide bonds. The Balaban J connectivity index is 2.02. The van der Waals surface area contributed by atoms with E-state index < -0.39 is 0 Å². The van der Waals surface area contributed by atoms with Crippen molar-refractivity contribution in [3.05, 3.63) is 52.9 Å². The summed E-state index contributed by atoms with van der Waals surface area (Å²) in [6.45, 7) is 1.14. The Bertz CT molecular complexity index is 482. The van der Waals surface area contributed by atoms with Crippen molar-refractivity contribution < 1.29 is 9.15 Å². The van der Waals surface area contributed by atoms with E-state index >= 15 is 0 Å². The zero-order chi connectivity index (χ0) is 12.1. The summed E-state index contributed by atoms with van der Waals surface area (Å²) in [5.74, 6) is 1.49. The Kier molecular flexibility index (Phi) is 4.07. The Morgan fingerprint density at radius 2 is 2.12 bits per heavy atom. The minimum Gasteiger partial charge on any atom is -0.484 e. The molecule has 1 aromatic heterocycles. The van der Waals surface area contributed by atoms with Gasteiger partial charge in [0.05, 0.1) is 11.3 Å². The van der Waals surface area contributed by atoms with Gasteiger partial charge in [0.25, 0.3) is 0 Å². The Labute approximate surface area is 105 Å². The predicted molar refractivity (Wildman–Crippen MR) is 67.3 cm³/mol. The van der Waals surface area contributed by atoms with Gasteiger partial charge >= 0.3 is 0 Å². The average molecular weight is 252 g/mol. The summed E-state index contributed by atoms with van der Waals surface area (Å²) in [5, 5.41) is 3.68. The lowest BCUT2D eigenvalue weighted by atomic mass is 10.2. The van der Waals surface area contributed by atoms with Crippen molar-refractivity contribution in [3.63, 3.8) is 0 Å². The van der Waals surface area contributed by atoms with Crippen LogP contribution >= 0.6 is 11.6 Å². The zero-order valence-electron chi connectivity index (χ0n) is 9.57. The number of halogens is 1. The topological polar surface area (TPSA) is 34.4 Å². The van der Waals surface area contributed by atoms with E-state index in [-0.39, 0.29) is 0 Å². The molecule has 0 radical (unpaired) electrons. The number of hydrogen-bond donors (Lipinski definition) is 1. The first-order valence-electron chi connectivity index (χ1n) is 5.38. The molecule has 2 rings (SSSR count). The van der Waals surface area contributed by atoms with Gasteiger partial charge in [0.1, 0.15) is 18.1 Å². The van der Waals surface area contributed by atoms with Crippen molar-refractivity contribution in [1.29, 1.82) is 0 Å². The second-order valence-electron chi connectivity index (χ2n) is 3.62. The van der Waals surface area contributed by atoms with Crippen molar-refractivity contribution in [1.82, 2.24) is 5.32 Å². The maximum Gasteiger partial charge on any atom is 0.146 e. The molecule has 3 nitrogen and oxygen atoms in total. The van der Waals surface area contributed by atoms with E-state index in [4.69, 9.17) is 20.8 Å². The standard InChI is InChI=1S/C13H14ClNO2/c1-15-8-10-6-7-16-13(10)9-17-12-5-3-2-4-11(12)14/h2-7,15H,8-9H2,1H3. The molecule has 0 saturated heterocycles. The van der Waals surface area contributed by atoms with Crippen LogP contribution in [0, 0.1) is 0 Å². The van der Waals surface area contributed by atoms with Crippen LogP contribution in [-0.2, 0) is 13.2 Å². The fourth-order valence-corrected chi connectivity index (χ4v) is 1.74. The highest BCUT2D eigenvalue weighted by Crippen LogP contribution is 2.24. The first-order chi connectivity index (χ1) is 8.31. The van der Waals surface area contributed by atoms with E-state index in [1.54, 1.807) is 12.3 Å². The number of furan rings is 1. The molecular weight excluding hydrogens is 238 g/mol. The van der Waals surface area contributed by atoms with Gasteiger partial charge < -0.3 is 14.5 Å². The molecule has 0 saturated carbocycles. The lowest BCUT2D eigenvalue weighted by Gasteiger charge is -2.07. The summed E-state index contributed by atoms with van der Waals surface area (Å²) in [5.41, 5.74) is 1.10. The van der Waals surface area contributed by atoms with Gasteiger partial charge in [0.15, 0.2) is 0 Å². The Morgan fingerprint density at radius 1 is 1.29 bits per heavy atom. The summed E-state index contributed by atoms with van der Waals surface area (Å²) in [6, 6.07) is 9.32. The second-order valence-corrected chi connectivity index (χ2v) is 4.03. The fourth-order valence-electron chi connectivity index (χ4n) is 1.55. The first-order valence-corrected chi connectivity index (χ1v) is 5.76. The molecule has 0 aliphatic rings. The van der Waals surface area contributed by atoms with Gasteiger partial charge in [-0.25, -0.2) is 0 Å². The Hall–Kier alpha value is -1.45. The maximum absolute atomic E-state index is 6.00. The predicted octanol–water partition coefficient (Wildman–Crippen LogP) is 3.23. The van der Waals surface area contributed by atoms with Crippen LogP contribution in [0.15, 0.2) is 41.0 Å². The van der Waals surface area contributed by atoms with E-state index in [1.807, 2.05) is 31.3 Å². The highest BCUT2D eigenvalue weighted by Gasteiger charge is 2.07. The van der Waals surface area contributed by atoms with Gasteiger partial charge in [-0.1, -0.05) is 23.7 Å². The quantitative estimate of drug-likeness (QED) is 0.886. The summed E-state index contributed by atoms with van der Waals surface area (Å²) >= 11 is 6.00. The SMILES string of the molecule is CNCc1ccoc1COc1ccccc1Cl. The van der Waals surface area contributed by atoms with E-state index in [1.165, 1.54) is 0 Å². The molecule has 1 aromatic carbocycles. The van der Waals surface area contributed by atoms with Crippen molar-refractivity contribution in [2.45, 2.75) is 13.2 Å². The summed E-state index contributed by atoms with van der Waals surface area (Å²) in [6.07, 6.45) is 1.66. The lowest BCUT2D eigenvalue weighted by Crippen LogP contribution is -2.07. The number of nitrogens with one attached hydrogen (secondary N) is 1. The van der Waals surface area contributed by atoms with Crippen molar-refractivity contribution in [3.8, 4) is 5.75 Å². The molecule has 1 N–H and O–H groups in total. The molecule has 0 aliphatic heterocycles. The van der Waals surface area contributed by atoms with Crippen molar-refractivity contribution in [2.75, 3.05) is 7.05 Å². The third-order valence-electron chi connectivity index (χ3n) is 2.40. The van der Waals surface area contributed by atoms with Gasteiger partial charge in [0, 0.05) is 12.1 Å². The highest BCUT2D eigenvalue weighted by molar-refractivity contribution is 6.32. The van der Waals surface area contributed by atoms with Crippen LogP contribution in [0.4, 0.5) is 0 Å². The molecule has 0 atom stereocenters. The fraction of sp³-hybridized carbons (Fsp3) is 0.231.